The van der Waals surface area contributed by atoms with Crippen LogP contribution in [0.25, 0.3) is 11.0 Å². The zero-order valence-electron chi connectivity index (χ0n) is 14.7. The van der Waals surface area contributed by atoms with Gasteiger partial charge in [-0.15, -0.1) is 0 Å². The molecule has 0 saturated carbocycles. The number of hydrogen-bond donors (Lipinski definition) is 0. The third kappa shape index (κ3) is 4.03. The first kappa shape index (κ1) is 17.5. The van der Waals surface area contributed by atoms with Gasteiger partial charge >= 0.3 is 5.97 Å². The van der Waals surface area contributed by atoms with E-state index in [9.17, 15) is 9.59 Å². The van der Waals surface area contributed by atoms with Gasteiger partial charge in [0, 0.05) is 26.0 Å². The predicted molar refractivity (Wildman–Crippen MR) is 97.5 cm³/mol. The van der Waals surface area contributed by atoms with Crippen molar-refractivity contribution in [2.75, 3.05) is 13.7 Å². The van der Waals surface area contributed by atoms with Crippen LogP contribution in [0.5, 0.6) is 0 Å². The van der Waals surface area contributed by atoms with Gasteiger partial charge in [0.2, 0.25) is 0 Å². The van der Waals surface area contributed by atoms with Crippen LogP contribution < -0.4 is 0 Å². The van der Waals surface area contributed by atoms with E-state index in [0.717, 1.165) is 11.1 Å². The highest BCUT2D eigenvalue weighted by Gasteiger charge is 2.15. The Morgan fingerprint density at radius 1 is 1.04 bits per heavy atom. The Morgan fingerprint density at radius 3 is 2.54 bits per heavy atom. The van der Waals surface area contributed by atoms with Gasteiger partial charge in [0.05, 0.1) is 16.6 Å². The minimum atomic E-state index is -0.560. The molecule has 2 aromatic carbocycles. The molecule has 1 heterocycles. The Balaban J connectivity index is 1.59. The number of benzene rings is 2. The number of esters is 1. The van der Waals surface area contributed by atoms with Crippen molar-refractivity contribution >= 4 is 22.9 Å². The molecular formula is C20H19N3O3. The predicted octanol–water partition coefficient (Wildman–Crippen LogP) is 2.75. The molecule has 0 fully saturated rings. The first-order valence-electron chi connectivity index (χ1n) is 8.21. The topological polar surface area (TPSA) is 72.4 Å². The third-order valence-electron chi connectivity index (χ3n) is 4.13. The number of aromatic nitrogens is 2. The summed E-state index contributed by atoms with van der Waals surface area (Å²) in [6.45, 7) is 2.16. The molecule has 0 radical (unpaired) electrons. The molecule has 0 unspecified atom stereocenters. The maximum absolute atomic E-state index is 12.2. The van der Waals surface area contributed by atoms with E-state index in [1.54, 1.807) is 42.5 Å². The van der Waals surface area contributed by atoms with Crippen LogP contribution in [0.2, 0.25) is 0 Å². The molecule has 1 aromatic heterocycles. The smallest absolute Gasteiger partial charge is 0.338 e. The van der Waals surface area contributed by atoms with Gasteiger partial charge in [0.15, 0.2) is 6.61 Å². The molecule has 6 heteroatoms. The average Bonchev–Trinajstić information content (AvgIpc) is 2.67. The molecule has 6 nitrogen and oxygen atoms in total. The molecule has 0 bridgehead atoms. The summed E-state index contributed by atoms with van der Waals surface area (Å²) < 4.78 is 5.15. The highest BCUT2D eigenvalue weighted by atomic mass is 16.5. The van der Waals surface area contributed by atoms with Gasteiger partial charge in [-0.1, -0.05) is 24.3 Å². The van der Waals surface area contributed by atoms with Gasteiger partial charge in [0.1, 0.15) is 0 Å². The fraction of sp³-hybridized carbons (Fsp3) is 0.200. The number of ether oxygens (including phenoxy) is 1. The second kappa shape index (κ2) is 7.74. The van der Waals surface area contributed by atoms with Crippen LogP contribution in [-0.4, -0.2) is 40.4 Å². The molecule has 132 valence electrons. The van der Waals surface area contributed by atoms with Crippen molar-refractivity contribution in [3.63, 3.8) is 0 Å². The Hall–Kier alpha value is -3.28. The van der Waals surface area contributed by atoms with E-state index in [1.807, 2.05) is 31.2 Å². The number of likely N-dealkylation sites (N-methyl/N-ethyl adjacent to an activating group) is 1. The fourth-order valence-electron chi connectivity index (χ4n) is 2.54. The normalized spacial score (nSPS) is 10.5. The van der Waals surface area contributed by atoms with Gasteiger partial charge < -0.3 is 9.64 Å². The van der Waals surface area contributed by atoms with Crippen molar-refractivity contribution in [2.45, 2.75) is 13.5 Å². The number of rotatable bonds is 5. The number of carbonyl (C=O) groups is 2. The van der Waals surface area contributed by atoms with Crippen molar-refractivity contribution in [1.29, 1.82) is 0 Å². The minimum absolute atomic E-state index is 0.262. The largest absolute Gasteiger partial charge is 0.452 e. The number of nitrogens with zero attached hydrogens (tertiary/aromatic N) is 3. The molecule has 0 aliphatic heterocycles. The Bertz CT molecular complexity index is 956. The van der Waals surface area contributed by atoms with Crippen LogP contribution in [0.15, 0.2) is 54.9 Å². The lowest BCUT2D eigenvalue weighted by Gasteiger charge is -2.18. The van der Waals surface area contributed by atoms with Crippen LogP contribution in [-0.2, 0) is 16.1 Å². The van der Waals surface area contributed by atoms with Crippen molar-refractivity contribution in [2.24, 2.45) is 0 Å². The maximum atomic E-state index is 12.2. The van der Waals surface area contributed by atoms with Gasteiger partial charge in [-0.05, 0) is 36.2 Å². The monoisotopic (exact) mass is 349 g/mol. The van der Waals surface area contributed by atoms with E-state index in [1.165, 1.54) is 0 Å². The average molecular weight is 349 g/mol. The van der Waals surface area contributed by atoms with Crippen LogP contribution >= 0.6 is 0 Å². The standard InChI is InChI=1S/C20H19N3O3/c1-14-5-3-4-6-16(14)12-23(2)19(24)13-26-20(25)15-7-8-17-18(11-15)22-10-9-21-17/h3-11H,12-13H2,1-2H3. The van der Waals surface area contributed by atoms with Crippen LogP contribution in [0.3, 0.4) is 0 Å². The van der Waals surface area contributed by atoms with Gasteiger partial charge in [-0.2, -0.15) is 0 Å². The number of amides is 1. The van der Waals surface area contributed by atoms with Crippen LogP contribution in [0, 0.1) is 6.92 Å². The van der Waals surface area contributed by atoms with Gasteiger partial charge in [-0.25, -0.2) is 4.79 Å². The van der Waals surface area contributed by atoms with E-state index in [4.69, 9.17) is 4.74 Å². The number of aryl methyl sites for hydroxylation is 1. The molecule has 0 spiro atoms. The summed E-state index contributed by atoms with van der Waals surface area (Å²) >= 11 is 0. The number of hydrogen-bond acceptors (Lipinski definition) is 5. The summed E-state index contributed by atoms with van der Waals surface area (Å²) in [5.74, 6) is -0.822. The summed E-state index contributed by atoms with van der Waals surface area (Å²) in [5.41, 5.74) is 3.81. The lowest BCUT2D eigenvalue weighted by molar-refractivity contribution is -0.133. The first-order valence-corrected chi connectivity index (χ1v) is 8.21. The lowest BCUT2D eigenvalue weighted by atomic mass is 10.1. The molecule has 1 amide bonds. The van der Waals surface area contributed by atoms with Crippen molar-refractivity contribution in [3.8, 4) is 0 Å². The fourth-order valence-corrected chi connectivity index (χ4v) is 2.54. The minimum Gasteiger partial charge on any atom is -0.452 e. The van der Waals surface area contributed by atoms with Crippen LogP contribution in [0.1, 0.15) is 21.5 Å². The molecule has 3 rings (SSSR count). The summed E-state index contributed by atoms with van der Waals surface area (Å²) in [4.78, 5) is 34.3. The van der Waals surface area contributed by atoms with E-state index < -0.39 is 5.97 Å². The van der Waals surface area contributed by atoms with E-state index >= 15 is 0 Å². The zero-order valence-corrected chi connectivity index (χ0v) is 14.7. The first-order chi connectivity index (χ1) is 12.5. The maximum Gasteiger partial charge on any atom is 0.338 e. The molecule has 0 aliphatic carbocycles. The molecule has 0 aliphatic rings. The number of fused-ring (bicyclic) bond motifs is 1. The second-order valence-electron chi connectivity index (χ2n) is 6.01. The molecule has 26 heavy (non-hydrogen) atoms. The Morgan fingerprint density at radius 2 is 1.77 bits per heavy atom. The van der Waals surface area contributed by atoms with Crippen molar-refractivity contribution < 1.29 is 14.3 Å². The third-order valence-corrected chi connectivity index (χ3v) is 4.13. The van der Waals surface area contributed by atoms with E-state index in [2.05, 4.69) is 9.97 Å². The molecular weight excluding hydrogens is 330 g/mol. The highest BCUT2D eigenvalue weighted by molar-refractivity contribution is 5.94. The summed E-state index contributed by atoms with van der Waals surface area (Å²) in [5, 5.41) is 0. The SMILES string of the molecule is Cc1ccccc1CN(C)C(=O)COC(=O)c1ccc2nccnc2c1. The highest BCUT2D eigenvalue weighted by Crippen LogP contribution is 2.12. The Kier molecular flexibility index (Phi) is 5.22. The van der Waals surface area contributed by atoms with Gasteiger partial charge in [0.25, 0.3) is 5.91 Å². The molecule has 0 N–H and O–H groups in total. The molecule has 3 aromatic rings. The molecule has 0 saturated heterocycles. The van der Waals surface area contributed by atoms with E-state index in [-0.39, 0.29) is 12.5 Å². The molecule has 0 atom stereocenters. The van der Waals surface area contributed by atoms with E-state index in [0.29, 0.717) is 23.1 Å². The lowest BCUT2D eigenvalue weighted by Crippen LogP contribution is -2.31. The van der Waals surface area contributed by atoms with Crippen molar-refractivity contribution in [3.05, 3.63) is 71.5 Å². The van der Waals surface area contributed by atoms with Gasteiger partial charge in [-0.3, -0.25) is 14.8 Å². The Labute approximate surface area is 151 Å². The zero-order chi connectivity index (χ0) is 18.5. The number of carbonyl (C=O) groups excluding carboxylic acids is 2. The second-order valence-corrected chi connectivity index (χ2v) is 6.01. The quantitative estimate of drug-likeness (QED) is 0.662. The summed E-state index contributed by atoms with van der Waals surface area (Å²) in [6, 6.07) is 12.8. The summed E-state index contributed by atoms with van der Waals surface area (Å²) in [6.07, 6.45) is 3.14. The van der Waals surface area contributed by atoms with Crippen molar-refractivity contribution in [1.82, 2.24) is 14.9 Å². The van der Waals surface area contributed by atoms with Crippen LogP contribution in [0.4, 0.5) is 0 Å². The summed E-state index contributed by atoms with van der Waals surface area (Å²) in [7, 11) is 1.69.